The van der Waals surface area contributed by atoms with E-state index in [1.165, 1.54) is 0 Å². The Labute approximate surface area is 190 Å². The highest BCUT2D eigenvalue weighted by Crippen LogP contribution is 2.24. The van der Waals surface area contributed by atoms with E-state index in [0.717, 1.165) is 48.0 Å². The monoisotopic (exact) mass is 448 g/mol. The van der Waals surface area contributed by atoms with E-state index in [9.17, 15) is 9.18 Å². The van der Waals surface area contributed by atoms with Gasteiger partial charge in [-0.15, -0.1) is 0 Å². The minimum absolute atomic E-state index is 0.213. The molecule has 1 amide bonds. The van der Waals surface area contributed by atoms with Crippen molar-refractivity contribution >= 4 is 22.8 Å². The van der Waals surface area contributed by atoms with Gasteiger partial charge >= 0.3 is 0 Å². The van der Waals surface area contributed by atoms with Gasteiger partial charge in [-0.05, 0) is 24.5 Å². The average Bonchev–Trinajstić information content (AvgIpc) is 3.49. The van der Waals surface area contributed by atoms with Gasteiger partial charge in [-0.3, -0.25) is 19.5 Å². The number of aryl methyl sites for hydroxylation is 1. The number of hydrogen-bond donors (Lipinski definition) is 1. The fraction of sp³-hybridized carbons (Fsp3) is 0.348. The van der Waals surface area contributed by atoms with Gasteiger partial charge < -0.3 is 4.90 Å². The first-order valence-corrected chi connectivity index (χ1v) is 11.0. The Hall–Kier alpha value is -3.66. The number of nitrogens with one attached hydrogen (secondary N) is 1. The van der Waals surface area contributed by atoms with E-state index in [2.05, 4.69) is 30.4 Å². The van der Waals surface area contributed by atoms with Gasteiger partial charge in [-0.25, -0.2) is 14.4 Å². The third-order valence-corrected chi connectivity index (χ3v) is 6.04. The number of likely N-dealkylation sites (tertiary alicyclic amines) is 1. The standard InChI is InChI=1S/C23H25FN8O/c1-30-14-18(12-26-30)16-2-3-17-11-25-23(28-21(17)10-16)29-22(33)19-13-27-32(15-19)20-4-7-31(8-5-20)9-6-24/h2-3,10-15,20H,4-9H2,1H3,(H,25,28,29,33). The van der Waals surface area contributed by atoms with Gasteiger partial charge in [0.05, 0.1) is 29.5 Å². The summed E-state index contributed by atoms with van der Waals surface area (Å²) in [5, 5.41) is 12.3. The maximum absolute atomic E-state index is 12.8. The predicted octanol–water partition coefficient (Wildman–Crippen LogP) is 3.09. The molecular formula is C23H25FN8O. The highest BCUT2D eigenvalue weighted by atomic mass is 19.1. The van der Waals surface area contributed by atoms with Crippen LogP contribution in [0, 0.1) is 0 Å². The SMILES string of the molecule is Cn1cc(-c2ccc3cnc(NC(=O)c4cnn(C5CCN(CCF)CC5)c4)nc3c2)cn1. The summed E-state index contributed by atoms with van der Waals surface area (Å²) in [7, 11) is 1.87. The highest BCUT2D eigenvalue weighted by molar-refractivity contribution is 6.03. The molecule has 33 heavy (non-hydrogen) atoms. The maximum atomic E-state index is 12.8. The predicted molar refractivity (Wildman–Crippen MR) is 123 cm³/mol. The van der Waals surface area contributed by atoms with Crippen molar-refractivity contribution in [1.82, 2.24) is 34.4 Å². The van der Waals surface area contributed by atoms with Gasteiger partial charge in [0.1, 0.15) is 6.67 Å². The molecule has 9 nitrogen and oxygen atoms in total. The van der Waals surface area contributed by atoms with Crippen molar-refractivity contribution in [2.24, 2.45) is 7.05 Å². The number of carbonyl (C=O) groups is 1. The van der Waals surface area contributed by atoms with Crippen LogP contribution in [0.2, 0.25) is 0 Å². The zero-order chi connectivity index (χ0) is 22.8. The molecule has 0 aliphatic carbocycles. The number of nitrogens with zero attached hydrogens (tertiary/aromatic N) is 7. The lowest BCUT2D eigenvalue weighted by atomic mass is 10.1. The van der Waals surface area contributed by atoms with Crippen LogP contribution in [0.4, 0.5) is 10.3 Å². The molecule has 0 bridgehead atoms. The highest BCUT2D eigenvalue weighted by Gasteiger charge is 2.22. The summed E-state index contributed by atoms with van der Waals surface area (Å²) in [6, 6.07) is 6.12. The minimum atomic E-state index is -0.321. The minimum Gasteiger partial charge on any atom is -0.301 e. The summed E-state index contributed by atoms with van der Waals surface area (Å²) < 4.78 is 16.1. The molecule has 1 aromatic carbocycles. The van der Waals surface area contributed by atoms with E-state index < -0.39 is 0 Å². The van der Waals surface area contributed by atoms with Crippen LogP contribution in [0.5, 0.6) is 0 Å². The summed E-state index contributed by atoms with van der Waals surface area (Å²) in [6.45, 7) is 1.83. The lowest BCUT2D eigenvalue weighted by Crippen LogP contribution is -2.36. The molecule has 0 spiro atoms. The van der Waals surface area contributed by atoms with Crippen molar-refractivity contribution in [1.29, 1.82) is 0 Å². The molecule has 0 saturated carbocycles. The number of anilines is 1. The molecule has 170 valence electrons. The fourth-order valence-corrected chi connectivity index (χ4v) is 4.19. The number of fused-ring (bicyclic) bond motifs is 1. The van der Waals surface area contributed by atoms with Crippen molar-refractivity contribution in [2.45, 2.75) is 18.9 Å². The molecule has 1 fully saturated rings. The molecule has 4 aromatic rings. The van der Waals surface area contributed by atoms with Crippen LogP contribution < -0.4 is 5.32 Å². The van der Waals surface area contributed by atoms with E-state index in [0.29, 0.717) is 12.1 Å². The molecule has 1 aliphatic rings. The Kier molecular flexibility index (Phi) is 5.82. The molecule has 1 saturated heterocycles. The van der Waals surface area contributed by atoms with Crippen molar-refractivity contribution < 1.29 is 9.18 Å². The van der Waals surface area contributed by atoms with Gasteiger partial charge in [-0.2, -0.15) is 10.2 Å². The zero-order valence-electron chi connectivity index (χ0n) is 18.4. The first kappa shape index (κ1) is 21.2. The van der Waals surface area contributed by atoms with Crippen LogP contribution in [-0.2, 0) is 7.05 Å². The largest absolute Gasteiger partial charge is 0.301 e. The third kappa shape index (κ3) is 4.61. The summed E-state index contributed by atoms with van der Waals surface area (Å²) in [4.78, 5) is 23.7. The van der Waals surface area contributed by atoms with Gasteiger partial charge in [0.25, 0.3) is 5.91 Å². The molecule has 3 aromatic heterocycles. The Bertz CT molecular complexity index is 1270. The van der Waals surface area contributed by atoms with Crippen LogP contribution in [0.3, 0.4) is 0 Å². The molecular weight excluding hydrogens is 423 g/mol. The molecule has 1 aliphatic heterocycles. The van der Waals surface area contributed by atoms with E-state index in [1.807, 2.05) is 36.1 Å². The molecule has 10 heteroatoms. The number of hydrogen-bond acceptors (Lipinski definition) is 6. The lowest BCUT2D eigenvalue weighted by molar-refractivity contribution is 0.102. The number of alkyl halides is 1. The molecule has 4 heterocycles. The number of carbonyl (C=O) groups excluding carboxylic acids is 1. The molecule has 1 N–H and O–H groups in total. The van der Waals surface area contributed by atoms with Gasteiger partial charge in [0.15, 0.2) is 0 Å². The number of piperidine rings is 1. The number of benzene rings is 1. The second-order valence-corrected chi connectivity index (χ2v) is 8.29. The summed E-state index contributed by atoms with van der Waals surface area (Å²) in [5.41, 5.74) is 3.17. The summed E-state index contributed by atoms with van der Waals surface area (Å²) in [5.74, 6) is -0.0676. The Morgan fingerprint density at radius 3 is 2.73 bits per heavy atom. The quantitative estimate of drug-likeness (QED) is 0.487. The normalized spacial score (nSPS) is 15.2. The van der Waals surface area contributed by atoms with Crippen LogP contribution in [0.15, 0.2) is 49.2 Å². The first-order chi connectivity index (χ1) is 16.1. The van der Waals surface area contributed by atoms with Crippen molar-refractivity contribution in [3.63, 3.8) is 0 Å². The second kappa shape index (κ2) is 9.07. The number of rotatable bonds is 6. The lowest BCUT2D eigenvalue weighted by Gasteiger charge is -2.31. The maximum Gasteiger partial charge on any atom is 0.261 e. The summed E-state index contributed by atoms with van der Waals surface area (Å²) in [6.07, 6.45) is 10.5. The van der Waals surface area contributed by atoms with Crippen LogP contribution in [-0.4, -0.2) is 66.6 Å². The molecule has 0 radical (unpaired) electrons. The fourth-order valence-electron chi connectivity index (χ4n) is 4.19. The van der Waals surface area contributed by atoms with Crippen LogP contribution >= 0.6 is 0 Å². The van der Waals surface area contributed by atoms with E-state index in [1.54, 1.807) is 29.5 Å². The van der Waals surface area contributed by atoms with Gasteiger partial charge in [0.2, 0.25) is 5.95 Å². The first-order valence-electron chi connectivity index (χ1n) is 11.0. The Balaban J connectivity index is 1.28. The third-order valence-electron chi connectivity index (χ3n) is 6.04. The second-order valence-electron chi connectivity index (χ2n) is 8.29. The Morgan fingerprint density at radius 2 is 1.97 bits per heavy atom. The van der Waals surface area contributed by atoms with E-state index in [4.69, 9.17) is 0 Å². The average molecular weight is 449 g/mol. The zero-order valence-corrected chi connectivity index (χ0v) is 18.4. The number of amides is 1. The van der Waals surface area contributed by atoms with Crippen molar-refractivity contribution in [3.8, 4) is 11.1 Å². The molecule has 5 rings (SSSR count). The van der Waals surface area contributed by atoms with Crippen LogP contribution in [0.1, 0.15) is 29.2 Å². The van der Waals surface area contributed by atoms with Gasteiger partial charge in [-0.1, -0.05) is 12.1 Å². The van der Waals surface area contributed by atoms with E-state index in [-0.39, 0.29) is 24.6 Å². The smallest absolute Gasteiger partial charge is 0.261 e. The summed E-state index contributed by atoms with van der Waals surface area (Å²) >= 11 is 0. The topological polar surface area (TPSA) is 93.8 Å². The van der Waals surface area contributed by atoms with Gasteiger partial charge in [0, 0.05) is 56.2 Å². The molecule has 0 unspecified atom stereocenters. The molecule has 0 atom stereocenters. The Morgan fingerprint density at radius 1 is 1.12 bits per heavy atom. The number of halogens is 1. The number of aromatic nitrogens is 6. The van der Waals surface area contributed by atoms with Crippen LogP contribution in [0.25, 0.3) is 22.0 Å². The van der Waals surface area contributed by atoms with Crippen molar-refractivity contribution in [3.05, 3.63) is 54.7 Å². The van der Waals surface area contributed by atoms with Crippen molar-refractivity contribution in [2.75, 3.05) is 31.6 Å². The van der Waals surface area contributed by atoms with E-state index >= 15 is 0 Å².